The van der Waals surface area contributed by atoms with Gasteiger partial charge in [-0.3, -0.25) is 0 Å². The summed E-state index contributed by atoms with van der Waals surface area (Å²) < 4.78 is 6.26. The van der Waals surface area contributed by atoms with E-state index < -0.39 is 0 Å². The topological polar surface area (TPSA) is 9.23 Å². The minimum atomic E-state index is 0.513. The minimum absolute atomic E-state index is 0.513. The number of hydrogen-bond donors (Lipinski definition) is 0. The Bertz CT molecular complexity index is 283. The number of unbranched alkanes of at least 4 members (excludes halogenated alkanes) is 1. The zero-order chi connectivity index (χ0) is 15.1. The second-order valence-electron chi connectivity index (χ2n) is 7.32. The Morgan fingerprint density at radius 2 is 2.00 bits per heavy atom. The fourth-order valence-corrected chi connectivity index (χ4v) is 3.34. The molecule has 5 atom stereocenters. The maximum absolute atomic E-state index is 6.26. The zero-order valence-corrected chi connectivity index (χ0v) is 14.5. The monoisotopic (exact) mass is 280 g/mol. The van der Waals surface area contributed by atoms with E-state index in [9.17, 15) is 0 Å². The summed E-state index contributed by atoms with van der Waals surface area (Å²) in [6.07, 6.45) is 10.0. The van der Waals surface area contributed by atoms with E-state index in [0.717, 1.165) is 11.8 Å². The molecule has 20 heavy (non-hydrogen) atoms. The molecule has 1 saturated heterocycles. The van der Waals surface area contributed by atoms with E-state index in [-0.39, 0.29) is 0 Å². The van der Waals surface area contributed by atoms with E-state index in [2.05, 4.69) is 41.2 Å². The molecule has 0 aromatic heterocycles. The van der Waals surface area contributed by atoms with E-state index in [1.165, 1.54) is 50.5 Å². The van der Waals surface area contributed by atoms with Gasteiger partial charge in [0.15, 0.2) is 0 Å². The summed E-state index contributed by atoms with van der Waals surface area (Å²) in [6.45, 7) is 15.5. The molecule has 0 bridgehead atoms. The largest absolute Gasteiger partial charge is 0.375 e. The maximum atomic E-state index is 6.26. The van der Waals surface area contributed by atoms with Crippen LogP contribution in [0.1, 0.15) is 79.6 Å². The Morgan fingerprint density at radius 1 is 1.30 bits per heavy atom. The lowest BCUT2D eigenvalue weighted by molar-refractivity contribution is 0.0229. The lowest BCUT2D eigenvalue weighted by Gasteiger charge is -2.21. The van der Waals surface area contributed by atoms with Crippen LogP contribution < -0.4 is 0 Å². The van der Waals surface area contributed by atoms with Gasteiger partial charge in [-0.15, -0.1) is 0 Å². The molecule has 1 fully saturated rings. The van der Waals surface area contributed by atoms with Gasteiger partial charge in [0.2, 0.25) is 0 Å². The molecular formula is C19H36O. The molecule has 1 heterocycles. The molecule has 0 amide bonds. The van der Waals surface area contributed by atoms with E-state index >= 15 is 0 Å². The number of rotatable bonds is 9. The first-order chi connectivity index (χ1) is 9.43. The fraction of sp³-hybridized carbons (Fsp3) is 0.895. The van der Waals surface area contributed by atoms with Gasteiger partial charge in [-0.1, -0.05) is 52.7 Å². The Balaban J connectivity index is 2.25. The van der Waals surface area contributed by atoms with Gasteiger partial charge in [0.1, 0.15) is 0 Å². The second kappa shape index (κ2) is 8.87. The molecule has 0 aliphatic carbocycles. The first-order valence-corrected chi connectivity index (χ1v) is 8.74. The summed E-state index contributed by atoms with van der Waals surface area (Å²) in [4.78, 5) is 0. The predicted molar refractivity (Wildman–Crippen MR) is 89.0 cm³/mol. The van der Waals surface area contributed by atoms with Crippen molar-refractivity contribution in [1.82, 2.24) is 0 Å². The molecule has 118 valence electrons. The van der Waals surface area contributed by atoms with Gasteiger partial charge < -0.3 is 4.74 Å². The lowest BCUT2D eigenvalue weighted by atomic mass is 9.87. The highest BCUT2D eigenvalue weighted by Crippen LogP contribution is 2.33. The van der Waals surface area contributed by atoms with Gasteiger partial charge in [-0.25, -0.2) is 0 Å². The van der Waals surface area contributed by atoms with Crippen molar-refractivity contribution in [2.24, 2.45) is 17.8 Å². The number of ether oxygens (including phenoxy) is 1. The van der Waals surface area contributed by atoms with Crippen LogP contribution in [0.2, 0.25) is 0 Å². The Labute approximate surface area is 127 Å². The third kappa shape index (κ3) is 5.99. The molecular weight excluding hydrogens is 244 g/mol. The summed E-state index contributed by atoms with van der Waals surface area (Å²) in [6, 6.07) is 0. The number of allylic oxidation sites excluding steroid dienone is 1. The van der Waals surface area contributed by atoms with Crippen LogP contribution in [-0.4, -0.2) is 12.2 Å². The van der Waals surface area contributed by atoms with Crippen molar-refractivity contribution in [2.75, 3.05) is 0 Å². The van der Waals surface area contributed by atoms with Gasteiger partial charge in [0, 0.05) is 0 Å². The van der Waals surface area contributed by atoms with Crippen molar-refractivity contribution >= 4 is 0 Å². The molecule has 1 unspecified atom stereocenters. The highest BCUT2D eigenvalue weighted by atomic mass is 16.5. The van der Waals surface area contributed by atoms with Crippen molar-refractivity contribution in [2.45, 2.75) is 91.8 Å². The van der Waals surface area contributed by atoms with Crippen LogP contribution in [0.5, 0.6) is 0 Å². The Kier molecular flexibility index (Phi) is 7.87. The lowest BCUT2D eigenvalue weighted by Crippen LogP contribution is -2.16. The van der Waals surface area contributed by atoms with Crippen LogP contribution in [0.25, 0.3) is 0 Å². The van der Waals surface area contributed by atoms with Crippen molar-refractivity contribution in [3.8, 4) is 0 Å². The molecule has 0 radical (unpaired) electrons. The molecule has 0 spiro atoms. The average Bonchev–Trinajstić information content (AvgIpc) is 2.74. The normalized spacial score (nSPS) is 29.4. The predicted octanol–water partition coefficient (Wildman–Crippen LogP) is 5.99. The SMILES string of the molecule is C=C(C)[C@H](C)C[C@H](C)CC[C@@H]1O[C@@H](CCCC)CC1C. The summed E-state index contributed by atoms with van der Waals surface area (Å²) >= 11 is 0. The average molecular weight is 280 g/mol. The summed E-state index contributed by atoms with van der Waals surface area (Å²) in [5, 5.41) is 0. The molecule has 0 saturated carbocycles. The van der Waals surface area contributed by atoms with Crippen LogP contribution >= 0.6 is 0 Å². The van der Waals surface area contributed by atoms with Gasteiger partial charge in [0.05, 0.1) is 12.2 Å². The quantitative estimate of drug-likeness (QED) is 0.471. The maximum Gasteiger partial charge on any atom is 0.0605 e. The van der Waals surface area contributed by atoms with Gasteiger partial charge in [0.25, 0.3) is 0 Å². The molecule has 1 aliphatic heterocycles. The third-order valence-corrected chi connectivity index (χ3v) is 5.06. The molecule has 1 nitrogen and oxygen atoms in total. The summed E-state index contributed by atoms with van der Waals surface area (Å²) in [5.41, 5.74) is 1.32. The fourth-order valence-electron chi connectivity index (χ4n) is 3.34. The third-order valence-electron chi connectivity index (χ3n) is 5.06. The first-order valence-electron chi connectivity index (χ1n) is 8.74. The van der Waals surface area contributed by atoms with Crippen molar-refractivity contribution < 1.29 is 4.74 Å². The molecule has 1 rings (SSSR count). The van der Waals surface area contributed by atoms with E-state index in [1.807, 2.05) is 0 Å². The van der Waals surface area contributed by atoms with Gasteiger partial charge in [-0.2, -0.15) is 0 Å². The molecule has 0 aromatic carbocycles. The highest BCUT2D eigenvalue weighted by Gasteiger charge is 2.31. The van der Waals surface area contributed by atoms with Crippen LogP contribution in [0.15, 0.2) is 12.2 Å². The molecule has 1 heteroatoms. The Hall–Kier alpha value is -0.300. The molecule has 1 aliphatic rings. The Morgan fingerprint density at radius 3 is 2.60 bits per heavy atom. The van der Waals surface area contributed by atoms with Crippen molar-refractivity contribution in [1.29, 1.82) is 0 Å². The van der Waals surface area contributed by atoms with E-state index in [4.69, 9.17) is 4.74 Å². The summed E-state index contributed by atoms with van der Waals surface area (Å²) in [7, 11) is 0. The van der Waals surface area contributed by atoms with E-state index in [1.54, 1.807) is 0 Å². The van der Waals surface area contributed by atoms with Gasteiger partial charge >= 0.3 is 0 Å². The second-order valence-corrected chi connectivity index (χ2v) is 7.32. The highest BCUT2D eigenvalue weighted by molar-refractivity contribution is 4.94. The molecule has 0 N–H and O–H groups in total. The summed E-state index contributed by atoms with van der Waals surface area (Å²) in [5.74, 6) is 2.19. The van der Waals surface area contributed by atoms with Crippen LogP contribution in [0.4, 0.5) is 0 Å². The standard InChI is InChI=1S/C19H36O/c1-7-8-9-18-13-17(6)19(20-18)11-10-15(4)12-16(5)14(2)3/h15-19H,2,7-13H2,1,3-6H3/t15-,16-,17?,18+,19+/m1/s1. The van der Waals surface area contributed by atoms with Gasteiger partial charge in [-0.05, 0) is 56.8 Å². The smallest absolute Gasteiger partial charge is 0.0605 e. The van der Waals surface area contributed by atoms with Crippen LogP contribution in [-0.2, 0) is 4.74 Å². The minimum Gasteiger partial charge on any atom is -0.375 e. The first kappa shape index (κ1) is 17.8. The molecule has 0 aromatic rings. The number of hydrogen-bond acceptors (Lipinski definition) is 1. The zero-order valence-electron chi connectivity index (χ0n) is 14.5. The van der Waals surface area contributed by atoms with Crippen molar-refractivity contribution in [3.05, 3.63) is 12.2 Å². The van der Waals surface area contributed by atoms with E-state index in [0.29, 0.717) is 18.1 Å². The van der Waals surface area contributed by atoms with Crippen molar-refractivity contribution in [3.63, 3.8) is 0 Å². The van der Waals surface area contributed by atoms with Crippen LogP contribution in [0.3, 0.4) is 0 Å². The van der Waals surface area contributed by atoms with Crippen LogP contribution in [0, 0.1) is 17.8 Å².